The van der Waals surface area contributed by atoms with Crippen molar-refractivity contribution in [2.24, 2.45) is 0 Å². The summed E-state index contributed by atoms with van der Waals surface area (Å²) < 4.78 is 5.39. The molecule has 1 aliphatic carbocycles. The number of rotatable bonds is 4. The summed E-state index contributed by atoms with van der Waals surface area (Å²) in [6.45, 7) is 3.39. The average Bonchev–Trinajstić information content (AvgIpc) is 2.86. The van der Waals surface area contributed by atoms with E-state index in [1.54, 1.807) is 13.8 Å². The van der Waals surface area contributed by atoms with Crippen LogP contribution in [0.1, 0.15) is 30.9 Å². The summed E-state index contributed by atoms with van der Waals surface area (Å²) in [6.07, 6.45) is -0.621. The number of alkyl carbamates (subject to hydrolysis) is 1. The second-order valence-corrected chi connectivity index (χ2v) is 6.79. The zero-order chi connectivity index (χ0) is 17.3. The minimum Gasteiger partial charge on any atom is -0.449 e. The number of benzene rings is 2. The molecule has 0 spiro atoms. The van der Waals surface area contributed by atoms with E-state index in [-0.39, 0.29) is 12.5 Å². The lowest BCUT2D eigenvalue weighted by molar-refractivity contribution is -0.115. The van der Waals surface area contributed by atoms with E-state index in [0.29, 0.717) is 0 Å². The van der Waals surface area contributed by atoms with Crippen LogP contribution in [-0.2, 0) is 9.53 Å². The number of nitrogens with one attached hydrogen (secondary N) is 1. The van der Waals surface area contributed by atoms with Gasteiger partial charge < -0.3 is 10.1 Å². The Balaban J connectivity index is 1.76. The molecule has 0 radical (unpaired) electrons. The lowest BCUT2D eigenvalue weighted by atomic mass is 9.98. The van der Waals surface area contributed by atoms with Crippen molar-refractivity contribution >= 4 is 23.8 Å². The summed E-state index contributed by atoms with van der Waals surface area (Å²) >= 11 is 3.77. The zero-order valence-corrected chi connectivity index (χ0v) is 14.5. The highest BCUT2D eigenvalue weighted by Gasteiger charge is 2.31. The minimum absolute atomic E-state index is 0.00188. The Morgan fingerprint density at radius 2 is 1.54 bits per heavy atom. The molecule has 0 aromatic heterocycles. The second kappa shape index (κ2) is 6.32. The summed E-state index contributed by atoms with van der Waals surface area (Å²) in [5.74, 6) is -0.00188. The monoisotopic (exact) mass is 341 g/mol. The second-order valence-electron chi connectivity index (χ2n) is 6.38. The number of amides is 1. The van der Waals surface area contributed by atoms with Crippen LogP contribution in [0.5, 0.6) is 0 Å². The van der Waals surface area contributed by atoms with Gasteiger partial charge in [0.05, 0.1) is 0 Å². The number of fused-ring (bicyclic) bond motifs is 3. The maximum atomic E-state index is 12.0. The zero-order valence-electron chi connectivity index (χ0n) is 13.6. The van der Waals surface area contributed by atoms with Crippen LogP contribution in [0.2, 0.25) is 0 Å². The van der Waals surface area contributed by atoms with Crippen molar-refractivity contribution in [3.63, 3.8) is 0 Å². The first-order chi connectivity index (χ1) is 11.4. The molecule has 0 heterocycles. The molecule has 0 fully saturated rings. The van der Waals surface area contributed by atoms with Crippen molar-refractivity contribution in [1.82, 2.24) is 5.32 Å². The van der Waals surface area contributed by atoms with E-state index in [1.165, 1.54) is 11.1 Å². The lowest BCUT2D eigenvalue weighted by Crippen LogP contribution is -2.48. The fourth-order valence-electron chi connectivity index (χ4n) is 2.94. The predicted molar refractivity (Wildman–Crippen MR) is 96.3 cm³/mol. The number of hydrogen-bond acceptors (Lipinski definition) is 3. The van der Waals surface area contributed by atoms with Gasteiger partial charge in [-0.05, 0) is 36.1 Å². The molecular weight excluding hydrogens is 322 g/mol. The third kappa shape index (κ3) is 3.04. The van der Waals surface area contributed by atoms with Crippen LogP contribution in [0.25, 0.3) is 11.1 Å². The molecule has 0 bridgehead atoms. The molecule has 1 aliphatic rings. The van der Waals surface area contributed by atoms with Gasteiger partial charge in [-0.3, -0.25) is 4.79 Å². The van der Waals surface area contributed by atoms with Gasteiger partial charge in [-0.25, -0.2) is 4.79 Å². The largest absolute Gasteiger partial charge is 0.449 e. The van der Waals surface area contributed by atoms with Gasteiger partial charge in [0.1, 0.15) is 12.1 Å². The Bertz CT molecular complexity index is 755. The Morgan fingerprint density at radius 1 is 1.04 bits per heavy atom. The summed E-state index contributed by atoms with van der Waals surface area (Å²) in [6, 6.07) is 16.3. The first-order valence-corrected chi connectivity index (χ1v) is 8.21. The lowest BCUT2D eigenvalue weighted by Gasteiger charge is -2.22. The average molecular weight is 341 g/mol. The third-order valence-electron chi connectivity index (χ3n) is 4.29. The van der Waals surface area contributed by atoms with Crippen LogP contribution in [0.15, 0.2) is 48.5 Å². The highest BCUT2D eigenvalue weighted by atomic mass is 32.1. The van der Waals surface area contributed by atoms with Gasteiger partial charge in [0.15, 0.2) is 0 Å². The van der Waals surface area contributed by atoms with Gasteiger partial charge >= 0.3 is 6.09 Å². The quantitative estimate of drug-likeness (QED) is 0.833. The van der Waals surface area contributed by atoms with Crippen LogP contribution >= 0.6 is 12.6 Å². The van der Waals surface area contributed by atoms with Gasteiger partial charge in [0, 0.05) is 5.92 Å². The van der Waals surface area contributed by atoms with Crippen LogP contribution in [0.3, 0.4) is 0 Å². The molecule has 1 amide bonds. The van der Waals surface area contributed by atoms with E-state index >= 15 is 0 Å². The topological polar surface area (TPSA) is 55.4 Å². The van der Waals surface area contributed by atoms with Gasteiger partial charge in [-0.1, -0.05) is 48.5 Å². The molecule has 1 N–H and O–H groups in total. The molecule has 5 heteroatoms. The number of ether oxygens (including phenoxy) is 1. The Labute approximate surface area is 146 Å². The molecule has 4 nitrogen and oxygen atoms in total. The van der Waals surface area contributed by atoms with Crippen LogP contribution < -0.4 is 5.32 Å². The SMILES string of the molecule is CC(C)(NC(=O)OCC1c2ccccc2-c2ccccc21)C(=O)S. The summed E-state index contributed by atoms with van der Waals surface area (Å²) in [7, 11) is 0. The van der Waals surface area contributed by atoms with Crippen LogP contribution in [-0.4, -0.2) is 23.4 Å². The summed E-state index contributed by atoms with van der Waals surface area (Å²) in [4.78, 5) is 23.4. The molecule has 0 aliphatic heterocycles. The molecule has 0 atom stereocenters. The highest BCUT2D eigenvalue weighted by molar-refractivity contribution is 7.96. The molecule has 0 saturated heterocycles. The normalized spacial score (nSPS) is 13.1. The number of carbonyl (C=O) groups excluding carboxylic acids is 2. The van der Waals surface area contributed by atoms with Crippen molar-refractivity contribution in [3.8, 4) is 11.1 Å². The van der Waals surface area contributed by atoms with Gasteiger partial charge in [-0.15, -0.1) is 12.6 Å². The van der Waals surface area contributed by atoms with Crippen molar-refractivity contribution in [3.05, 3.63) is 59.7 Å². The van der Waals surface area contributed by atoms with Crippen molar-refractivity contribution in [1.29, 1.82) is 0 Å². The van der Waals surface area contributed by atoms with Crippen molar-refractivity contribution in [2.45, 2.75) is 25.3 Å². The van der Waals surface area contributed by atoms with E-state index in [2.05, 4.69) is 42.2 Å². The fraction of sp³-hybridized carbons (Fsp3) is 0.263. The van der Waals surface area contributed by atoms with Gasteiger partial charge in [-0.2, -0.15) is 0 Å². The maximum absolute atomic E-state index is 12.0. The van der Waals surface area contributed by atoms with Crippen molar-refractivity contribution in [2.75, 3.05) is 6.61 Å². The Morgan fingerprint density at radius 3 is 2.04 bits per heavy atom. The van der Waals surface area contributed by atoms with Crippen LogP contribution in [0.4, 0.5) is 4.79 Å². The maximum Gasteiger partial charge on any atom is 0.407 e. The highest BCUT2D eigenvalue weighted by Crippen LogP contribution is 2.44. The number of carbonyl (C=O) groups is 2. The Hall–Kier alpha value is -2.27. The third-order valence-corrected chi connectivity index (χ3v) is 4.85. The molecule has 124 valence electrons. The molecule has 0 unspecified atom stereocenters. The van der Waals surface area contributed by atoms with E-state index in [9.17, 15) is 9.59 Å². The molecular formula is C19H19NO3S. The molecule has 2 aromatic carbocycles. The Kier molecular flexibility index (Phi) is 4.37. The number of thiol groups is 1. The minimum atomic E-state index is -1.06. The van der Waals surface area contributed by atoms with Gasteiger partial charge in [0.2, 0.25) is 5.12 Å². The standard InChI is InChI=1S/C19H19NO3S/c1-19(2,17(21)24)20-18(22)23-11-16-14-9-5-3-7-12(14)13-8-4-6-10-15(13)16/h3-10,16H,11H2,1-2H3,(H,20,22)(H,21,24). The number of hydrogen-bond donors (Lipinski definition) is 2. The van der Waals surface area contributed by atoms with Crippen molar-refractivity contribution < 1.29 is 14.3 Å². The summed E-state index contributed by atoms with van der Waals surface area (Å²) in [5, 5.41) is 2.12. The van der Waals surface area contributed by atoms with Gasteiger partial charge in [0.25, 0.3) is 0 Å². The summed E-state index contributed by atoms with van der Waals surface area (Å²) in [5.41, 5.74) is 3.58. The molecule has 2 aromatic rings. The molecule has 3 rings (SSSR count). The first kappa shape index (κ1) is 16.6. The van der Waals surface area contributed by atoms with E-state index < -0.39 is 16.7 Å². The van der Waals surface area contributed by atoms with E-state index in [0.717, 1.165) is 11.1 Å². The smallest absolute Gasteiger partial charge is 0.407 e. The predicted octanol–water partition coefficient (Wildman–Crippen LogP) is 3.76. The first-order valence-electron chi connectivity index (χ1n) is 7.76. The van der Waals surface area contributed by atoms with E-state index in [4.69, 9.17) is 4.74 Å². The molecule has 24 heavy (non-hydrogen) atoms. The fourth-order valence-corrected chi connectivity index (χ4v) is 3.00. The van der Waals surface area contributed by atoms with Crippen LogP contribution in [0, 0.1) is 0 Å². The molecule has 0 saturated carbocycles. The van der Waals surface area contributed by atoms with E-state index in [1.807, 2.05) is 24.3 Å².